The molecule has 6 nitrogen and oxygen atoms in total. The quantitative estimate of drug-likeness (QED) is 0.403. The number of hydrogen-bond acceptors (Lipinski definition) is 6. The molecule has 14 heteroatoms. The molecule has 3 N–H and O–H groups in total. The maximum Gasteiger partial charge on any atom is 0.707 e. The Morgan fingerprint density at radius 3 is 2.41 bits per heavy atom. The summed E-state index contributed by atoms with van der Waals surface area (Å²) in [5.41, 5.74) is -0.270. The standard InChI is InChI=1S/C20H18BF6NO5S/c1-19(20(25,26)27)8-11(10-4-5-12(22)15(24)16(10)32-2)17(34-19)18(29)28-9-3-6-14(13(23)7-9)33-21(30)31/h3-7,11,17,30-31H,8H2,1-2H3,(H,28,29). The van der Waals surface area contributed by atoms with Gasteiger partial charge in [0, 0.05) is 23.2 Å². The van der Waals surface area contributed by atoms with E-state index in [-0.39, 0.29) is 11.3 Å². The van der Waals surface area contributed by atoms with E-state index in [1.165, 1.54) is 0 Å². The van der Waals surface area contributed by atoms with Gasteiger partial charge in [0.05, 0.1) is 12.4 Å². The molecule has 3 rings (SSSR count). The summed E-state index contributed by atoms with van der Waals surface area (Å²) in [6, 6.07) is 4.68. The lowest BCUT2D eigenvalue weighted by Crippen LogP contribution is -2.37. The number of methoxy groups -OCH3 is 1. The summed E-state index contributed by atoms with van der Waals surface area (Å²) in [7, 11) is -1.27. The highest BCUT2D eigenvalue weighted by Gasteiger charge is 2.60. The number of carbonyl (C=O) groups excluding carboxylic acids is 1. The van der Waals surface area contributed by atoms with Gasteiger partial charge in [0.1, 0.15) is 10.5 Å². The lowest BCUT2D eigenvalue weighted by Gasteiger charge is -2.26. The number of nitrogens with one attached hydrogen (secondary N) is 1. The van der Waals surface area contributed by atoms with Crippen LogP contribution in [0, 0.1) is 17.5 Å². The second-order valence-corrected chi connectivity index (χ2v) is 9.28. The Balaban J connectivity index is 1.96. The Morgan fingerprint density at radius 2 is 1.85 bits per heavy atom. The highest BCUT2D eigenvalue weighted by molar-refractivity contribution is 8.02. The number of anilines is 1. The minimum Gasteiger partial charge on any atom is -0.510 e. The van der Waals surface area contributed by atoms with Crippen molar-refractivity contribution in [3.05, 3.63) is 53.3 Å². The molecule has 34 heavy (non-hydrogen) atoms. The Kier molecular flexibility index (Phi) is 7.34. The first-order valence-electron chi connectivity index (χ1n) is 9.67. The van der Waals surface area contributed by atoms with Crippen LogP contribution in [0.25, 0.3) is 0 Å². The third kappa shape index (κ3) is 5.08. The van der Waals surface area contributed by atoms with Crippen LogP contribution in [-0.4, -0.2) is 46.6 Å². The molecule has 3 atom stereocenters. The SMILES string of the molecule is COc1c(C2CC(C)(C(F)(F)F)SC2C(=O)Nc2ccc(OB(O)O)c(F)c2)ccc(F)c1F. The summed E-state index contributed by atoms with van der Waals surface area (Å²) < 4.78 is 90.3. The van der Waals surface area contributed by atoms with Crippen molar-refractivity contribution in [3.63, 3.8) is 0 Å². The maximum atomic E-state index is 14.3. The lowest BCUT2D eigenvalue weighted by atomic mass is 9.85. The normalized spacial score (nSPS) is 22.4. The molecule has 0 bridgehead atoms. The lowest BCUT2D eigenvalue weighted by molar-refractivity contribution is -0.155. The van der Waals surface area contributed by atoms with E-state index in [9.17, 15) is 31.1 Å². The molecule has 1 fully saturated rings. The van der Waals surface area contributed by atoms with Crippen LogP contribution in [0.4, 0.5) is 32.0 Å². The van der Waals surface area contributed by atoms with Gasteiger partial charge in [-0.15, -0.1) is 11.8 Å². The van der Waals surface area contributed by atoms with Crippen molar-refractivity contribution >= 4 is 30.7 Å². The second kappa shape index (κ2) is 9.58. The minimum absolute atomic E-state index is 0.117. The van der Waals surface area contributed by atoms with Gasteiger partial charge < -0.3 is 24.8 Å². The number of hydrogen-bond donors (Lipinski definition) is 3. The van der Waals surface area contributed by atoms with Crippen molar-refractivity contribution in [1.29, 1.82) is 0 Å². The first-order valence-corrected chi connectivity index (χ1v) is 10.5. The van der Waals surface area contributed by atoms with Crippen molar-refractivity contribution in [1.82, 2.24) is 0 Å². The highest BCUT2D eigenvalue weighted by Crippen LogP contribution is 2.59. The fourth-order valence-electron chi connectivity index (χ4n) is 3.68. The molecule has 1 aliphatic heterocycles. The van der Waals surface area contributed by atoms with E-state index in [2.05, 4.69) is 9.97 Å². The van der Waals surface area contributed by atoms with Gasteiger partial charge in [-0.05, 0) is 31.5 Å². The monoisotopic (exact) mass is 509 g/mol. The molecule has 3 unspecified atom stereocenters. The zero-order chi connectivity index (χ0) is 25.4. The first kappa shape index (κ1) is 26.0. The number of benzene rings is 2. The molecule has 1 amide bonds. The van der Waals surface area contributed by atoms with Crippen LogP contribution in [0.3, 0.4) is 0 Å². The van der Waals surface area contributed by atoms with Crippen LogP contribution < -0.4 is 14.7 Å². The number of amides is 1. The van der Waals surface area contributed by atoms with Gasteiger partial charge >= 0.3 is 13.5 Å². The van der Waals surface area contributed by atoms with Crippen LogP contribution >= 0.6 is 11.8 Å². The molecule has 1 aliphatic rings. The zero-order valence-electron chi connectivity index (χ0n) is 17.6. The van der Waals surface area contributed by atoms with Crippen LogP contribution in [0.5, 0.6) is 11.5 Å². The molecule has 0 saturated carbocycles. The average Bonchev–Trinajstić information content (AvgIpc) is 3.10. The summed E-state index contributed by atoms with van der Waals surface area (Å²) in [6.45, 7) is 0.899. The predicted molar refractivity (Wildman–Crippen MR) is 112 cm³/mol. The van der Waals surface area contributed by atoms with E-state index < -0.39 is 70.7 Å². The van der Waals surface area contributed by atoms with E-state index in [0.717, 1.165) is 44.4 Å². The highest BCUT2D eigenvalue weighted by atomic mass is 32.2. The smallest absolute Gasteiger partial charge is 0.510 e. The van der Waals surface area contributed by atoms with E-state index >= 15 is 0 Å². The Labute approximate surface area is 194 Å². The molecule has 1 heterocycles. The third-order valence-electron chi connectivity index (χ3n) is 5.34. The molecule has 0 spiro atoms. The number of thioether (sulfide) groups is 1. The zero-order valence-corrected chi connectivity index (χ0v) is 18.4. The maximum absolute atomic E-state index is 14.3. The summed E-state index contributed by atoms with van der Waals surface area (Å²) >= 11 is 0.302. The fourth-order valence-corrected chi connectivity index (χ4v) is 5.22. The first-order chi connectivity index (χ1) is 15.8. The summed E-state index contributed by atoms with van der Waals surface area (Å²) in [5.74, 6) is -7.06. The topological polar surface area (TPSA) is 88.0 Å². The van der Waals surface area contributed by atoms with E-state index in [4.69, 9.17) is 14.8 Å². The third-order valence-corrected chi connectivity index (χ3v) is 7.05. The summed E-state index contributed by atoms with van der Waals surface area (Å²) in [6.07, 6.45) is -5.36. The van der Waals surface area contributed by atoms with Gasteiger partial charge in [-0.3, -0.25) is 4.79 Å². The van der Waals surface area contributed by atoms with Crippen molar-refractivity contribution in [2.75, 3.05) is 12.4 Å². The van der Waals surface area contributed by atoms with Crippen molar-refractivity contribution < 1.29 is 50.6 Å². The summed E-state index contributed by atoms with van der Waals surface area (Å²) in [4.78, 5) is 13.0. The van der Waals surface area contributed by atoms with E-state index in [1.54, 1.807) is 0 Å². The largest absolute Gasteiger partial charge is 0.707 e. The van der Waals surface area contributed by atoms with Crippen LogP contribution in [-0.2, 0) is 4.79 Å². The van der Waals surface area contributed by atoms with Crippen molar-refractivity contribution in [3.8, 4) is 11.5 Å². The number of ether oxygens (including phenoxy) is 1. The number of rotatable bonds is 6. The van der Waals surface area contributed by atoms with Crippen molar-refractivity contribution in [2.24, 2.45) is 0 Å². The Morgan fingerprint density at radius 1 is 1.18 bits per heavy atom. The molecule has 2 aromatic carbocycles. The predicted octanol–water partition coefficient (Wildman–Crippen LogP) is 4.01. The fraction of sp³-hybridized carbons (Fsp3) is 0.350. The Bertz CT molecular complexity index is 1090. The molecule has 0 aromatic heterocycles. The molecular weight excluding hydrogens is 491 g/mol. The van der Waals surface area contributed by atoms with Crippen LogP contribution in [0.1, 0.15) is 24.8 Å². The van der Waals surface area contributed by atoms with Crippen LogP contribution in [0.2, 0.25) is 0 Å². The second-order valence-electron chi connectivity index (χ2n) is 7.64. The van der Waals surface area contributed by atoms with Gasteiger partial charge in [-0.1, -0.05) is 6.07 Å². The minimum atomic E-state index is -4.73. The van der Waals surface area contributed by atoms with E-state index in [1.807, 2.05) is 0 Å². The van der Waals surface area contributed by atoms with Crippen LogP contribution in [0.15, 0.2) is 30.3 Å². The molecule has 0 aliphatic carbocycles. The molecule has 184 valence electrons. The molecule has 1 saturated heterocycles. The average molecular weight is 509 g/mol. The molecule has 0 radical (unpaired) electrons. The van der Waals surface area contributed by atoms with Gasteiger partial charge in [-0.2, -0.15) is 17.6 Å². The number of halogens is 6. The number of alkyl halides is 3. The molecule has 2 aromatic rings. The number of carbonyl (C=O) groups is 1. The summed E-state index contributed by atoms with van der Waals surface area (Å²) in [5, 5.41) is 18.4. The van der Waals surface area contributed by atoms with E-state index in [0.29, 0.717) is 11.8 Å². The van der Waals surface area contributed by atoms with Gasteiger partial charge in [0.15, 0.2) is 17.4 Å². The molecular formula is C20H18BF6NO5S. The van der Waals surface area contributed by atoms with Gasteiger partial charge in [0.25, 0.3) is 0 Å². The van der Waals surface area contributed by atoms with Gasteiger partial charge in [0.2, 0.25) is 11.7 Å². The van der Waals surface area contributed by atoms with Crippen molar-refractivity contribution in [2.45, 2.75) is 35.4 Å². The van der Waals surface area contributed by atoms with Gasteiger partial charge in [-0.25, -0.2) is 8.78 Å². The Hall–Kier alpha value is -2.58.